The van der Waals surface area contributed by atoms with Gasteiger partial charge in [-0.15, -0.1) is 0 Å². The number of carbonyl (C=O) groups is 1. The number of rotatable bonds is 3. The van der Waals surface area contributed by atoms with E-state index in [-0.39, 0.29) is 53.8 Å². The van der Waals surface area contributed by atoms with Gasteiger partial charge in [0.05, 0.1) is 16.5 Å². The molecule has 2 aromatic carbocycles. The lowest BCUT2D eigenvalue weighted by Crippen LogP contribution is -2.49. The van der Waals surface area contributed by atoms with Crippen molar-refractivity contribution in [1.29, 1.82) is 5.26 Å². The number of sulfone groups is 1. The van der Waals surface area contributed by atoms with E-state index in [1.807, 2.05) is 0 Å². The summed E-state index contributed by atoms with van der Waals surface area (Å²) in [7, 11) is -3.43. The molecule has 2 aromatic rings. The Balaban J connectivity index is 1.74. The smallest absolute Gasteiger partial charge is 0.254 e. The largest absolute Gasteiger partial charge is 0.363 e. The predicted molar refractivity (Wildman–Crippen MR) is 98.7 cm³/mol. The molecule has 0 aliphatic carbocycles. The number of hydrogen-bond donors (Lipinski definition) is 0. The molecule has 0 aromatic heterocycles. The number of amides is 1. The molecule has 1 saturated heterocycles. The summed E-state index contributed by atoms with van der Waals surface area (Å²) in [6, 6.07) is 9.43. The normalized spacial score (nSPS) is 14.6. The summed E-state index contributed by atoms with van der Waals surface area (Å²) in [5.41, 5.74) is -0.0735. The highest BCUT2D eigenvalue weighted by Gasteiger charge is 2.26. The summed E-state index contributed by atoms with van der Waals surface area (Å²) in [5, 5.41) is 8.78. The molecular formula is C19H17F2N3O3S. The van der Waals surface area contributed by atoms with Crippen molar-refractivity contribution in [3.63, 3.8) is 0 Å². The lowest BCUT2D eigenvalue weighted by molar-refractivity contribution is 0.0746. The summed E-state index contributed by atoms with van der Waals surface area (Å²) >= 11 is 0. The van der Waals surface area contributed by atoms with Crippen LogP contribution >= 0.6 is 0 Å². The highest BCUT2D eigenvalue weighted by molar-refractivity contribution is 7.90. The van der Waals surface area contributed by atoms with Crippen LogP contribution in [0.5, 0.6) is 0 Å². The van der Waals surface area contributed by atoms with Crippen LogP contribution in [0.15, 0.2) is 41.3 Å². The molecule has 9 heteroatoms. The van der Waals surface area contributed by atoms with Crippen LogP contribution in [0.25, 0.3) is 0 Å². The molecule has 1 fully saturated rings. The maximum Gasteiger partial charge on any atom is 0.254 e. The van der Waals surface area contributed by atoms with Crippen LogP contribution in [-0.2, 0) is 9.84 Å². The van der Waals surface area contributed by atoms with Gasteiger partial charge in [-0.25, -0.2) is 17.2 Å². The first kappa shape index (κ1) is 19.8. The zero-order chi connectivity index (χ0) is 20.5. The first-order valence-electron chi connectivity index (χ1n) is 8.44. The molecule has 0 radical (unpaired) electrons. The molecular weight excluding hydrogens is 388 g/mol. The number of piperazine rings is 1. The Labute approximate surface area is 161 Å². The Hall–Kier alpha value is -2.99. The van der Waals surface area contributed by atoms with Crippen LogP contribution in [0.3, 0.4) is 0 Å². The van der Waals surface area contributed by atoms with Gasteiger partial charge in [0.1, 0.15) is 5.69 Å². The van der Waals surface area contributed by atoms with Gasteiger partial charge in [-0.05, 0) is 30.3 Å². The Bertz CT molecular complexity index is 1050. The number of nitrogens with zero attached hydrogens (tertiary/aromatic N) is 3. The summed E-state index contributed by atoms with van der Waals surface area (Å²) in [6.07, 6.45) is 1.07. The predicted octanol–water partition coefficient (Wildman–Crippen LogP) is 2.20. The summed E-state index contributed by atoms with van der Waals surface area (Å²) in [4.78, 5) is 15.7. The van der Waals surface area contributed by atoms with E-state index < -0.39 is 21.5 Å². The molecule has 0 unspecified atom stereocenters. The number of hydrogen-bond acceptors (Lipinski definition) is 5. The van der Waals surface area contributed by atoms with E-state index in [2.05, 4.69) is 0 Å². The first-order valence-corrected chi connectivity index (χ1v) is 10.3. The monoisotopic (exact) mass is 405 g/mol. The SMILES string of the molecule is CS(=O)(=O)c1cccc(C(=O)N2CCN(c3c(F)cc(C#N)cc3F)CC2)c1. The molecule has 1 amide bonds. The third-order valence-electron chi connectivity index (χ3n) is 4.54. The average molecular weight is 405 g/mol. The van der Waals surface area contributed by atoms with Gasteiger partial charge in [0, 0.05) is 38.0 Å². The van der Waals surface area contributed by atoms with Crippen LogP contribution in [0.1, 0.15) is 15.9 Å². The highest BCUT2D eigenvalue weighted by Crippen LogP contribution is 2.26. The number of carbonyl (C=O) groups excluding carboxylic acids is 1. The van der Waals surface area contributed by atoms with Crippen LogP contribution in [0.2, 0.25) is 0 Å². The average Bonchev–Trinajstić information content (AvgIpc) is 2.66. The van der Waals surface area contributed by atoms with Gasteiger partial charge < -0.3 is 9.80 Å². The molecule has 0 atom stereocenters. The molecule has 3 rings (SSSR count). The second kappa shape index (κ2) is 7.56. The van der Waals surface area contributed by atoms with Gasteiger partial charge in [0.25, 0.3) is 5.91 Å². The van der Waals surface area contributed by atoms with E-state index in [1.54, 1.807) is 6.07 Å². The summed E-state index contributed by atoms with van der Waals surface area (Å²) in [5.74, 6) is -1.99. The van der Waals surface area contributed by atoms with Crippen molar-refractivity contribution in [3.05, 3.63) is 59.2 Å². The summed E-state index contributed by atoms with van der Waals surface area (Å²) in [6.45, 7) is 0.857. The van der Waals surface area contributed by atoms with Crippen molar-refractivity contribution in [2.75, 3.05) is 37.3 Å². The van der Waals surface area contributed by atoms with Crippen LogP contribution in [-0.4, -0.2) is 51.7 Å². The Kier molecular flexibility index (Phi) is 5.34. The standard InChI is InChI=1S/C19H17F2N3O3S/c1-28(26,27)15-4-2-3-14(11-15)19(25)24-7-5-23(6-8-24)18-16(20)9-13(12-22)10-17(18)21/h2-4,9-11H,5-8H2,1H3. The minimum absolute atomic E-state index is 0.0544. The van der Waals surface area contributed by atoms with Crippen molar-refractivity contribution in [1.82, 2.24) is 4.90 Å². The lowest BCUT2D eigenvalue weighted by Gasteiger charge is -2.36. The van der Waals surface area contributed by atoms with Crippen LogP contribution in [0.4, 0.5) is 14.5 Å². The number of benzene rings is 2. The molecule has 1 aliphatic rings. The molecule has 1 heterocycles. The maximum atomic E-state index is 14.2. The van der Waals surface area contributed by atoms with Crippen LogP contribution < -0.4 is 4.90 Å². The minimum atomic E-state index is -3.43. The Morgan fingerprint density at radius 2 is 1.68 bits per heavy atom. The number of nitriles is 1. The van der Waals surface area contributed by atoms with Crippen molar-refractivity contribution < 1.29 is 22.0 Å². The molecule has 0 spiro atoms. The molecule has 0 bridgehead atoms. The van der Waals surface area contributed by atoms with Gasteiger partial charge in [0.2, 0.25) is 0 Å². The highest BCUT2D eigenvalue weighted by atomic mass is 32.2. The number of halogens is 2. The molecule has 28 heavy (non-hydrogen) atoms. The molecule has 0 saturated carbocycles. The van der Waals surface area contributed by atoms with Gasteiger partial charge in [-0.2, -0.15) is 5.26 Å². The third-order valence-corrected chi connectivity index (χ3v) is 5.65. The van der Waals surface area contributed by atoms with Gasteiger partial charge in [-0.3, -0.25) is 4.79 Å². The number of anilines is 1. The zero-order valence-electron chi connectivity index (χ0n) is 15.0. The van der Waals surface area contributed by atoms with Crippen molar-refractivity contribution in [3.8, 4) is 6.07 Å². The van der Waals surface area contributed by atoms with Gasteiger partial charge in [0.15, 0.2) is 21.5 Å². The van der Waals surface area contributed by atoms with Crippen molar-refractivity contribution in [2.45, 2.75) is 4.90 Å². The van der Waals surface area contributed by atoms with E-state index >= 15 is 0 Å². The van der Waals surface area contributed by atoms with Crippen LogP contribution in [0, 0.1) is 23.0 Å². The van der Waals surface area contributed by atoms with E-state index in [4.69, 9.17) is 5.26 Å². The Morgan fingerprint density at radius 3 is 2.21 bits per heavy atom. The van der Waals surface area contributed by atoms with E-state index in [0.29, 0.717) is 0 Å². The molecule has 6 nitrogen and oxygen atoms in total. The second-order valence-corrected chi connectivity index (χ2v) is 8.50. The summed E-state index contributed by atoms with van der Waals surface area (Å²) < 4.78 is 51.7. The van der Waals surface area contributed by atoms with Gasteiger partial charge >= 0.3 is 0 Å². The topological polar surface area (TPSA) is 81.5 Å². The zero-order valence-corrected chi connectivity index (χ0v) is 15.8. The third kappa shape index (κ3) is 3.97. The van der Waals surface area contributed by atoms with E-state index in [0.717, 1.165) is 18.4 Å². The molecule has 1 aliphatic heterocycles. The quantitative estimate of drug-likeness (QED) is 0.782. The fraction of sp³-hybridized carbons (Fsp3) is 0.263. The fourth-order valence-electron chi connectivity index (χ4n) is 3.11. The van der Waals surface area contributed by atoms with E-state index in [9.17, 15) is 22.0 Å². The van der Waals surface area contributed by atoms with E-state index in [1.165, 1.54) is 34.1 Å². The molecule has 0 N–H and O–H groups in total. The van der Waals surface area contributed by atoms with Gasteiger partial charge in [-0.1, -0.05) is 6.07 Å². The maximum absolute atomic E-state index is 14.2. The molecule has 146 valence electrons. The first-order chi connectivity index (χ1) is 13.2. The van der Waals surface area contributed by atoms with Crippen molar-refractivity contribution in [2.24, 2.45) is 0 Å². The fourth-order valence-corrected chi connectivity index (χ4v) is 3.77. The van der Waals surface area contributed by atoms with Crippen molar-refractivity contribution >= 4 is 21.4 Å². The second-order valence-electron chi connectivity index (χ2n) is 6.48. The lowest BCUT2D eigenvalue weighted by atomic mass is 10.1. The minimum Gasteiger partial charge on any atom is -0.363 e. The Morgan fingerprint density at radius 1 is 1.07 bits per heavy atom.